The number of ether oxygens (including phenoxy) is 1. The van der Waals surface area contributed by atoms with Crippen molar-refractivity contribution < 1.29 is 4.74 Å². The molecule has 3 rings (SSSR count). The van der Waals surface area contributed by atoms with Gasteiger partial charge in [0.05, 0.1) is 5.54 Å². The normalized spacial score (nSPS) is 33.8. The third-order valence-corrected chi connectivity index (χ3v) is 5.48. The Morgan fingerprint density at radius 3 is 2.48 bits per heavy atom. The summed E-state index contributed by atoms with van der Waals surface area (Å²) in [4.78, 5) is 2.72. The van der Waals surface area contributed by atoms with Crippen molar-refractivity contribution in [2.75, 3.05) is 26.3 Å². The summed E-state index contributed by atoms with van der Waals surface area (Å²) in [5.41, 5.74) is 1.70. The van der Waals surface area contributed by atoms with Gasteiger partial charge >= 0.3 is 0 Å². The number of hydrogen-bond acceptors (Lipinski definition) is 3. The maximum Gasteiger partial charge on any atom is 0.0535 e. The van der Waals surface area contributed by atoms with E-state index in [2.05, 4.69) is 61.3 Å². The Morgan fingerprint density at radius 2 is 1.81 bits per heavy atom. The SMILES string of the molecule is CC1CNC(C)(c2ccccc2)CN1C1(C)CCOCC1. The second kappa shape index (κ2) is 5.71. The lowest BCUT2D eigenvalue weighted by molar-refractivity contribution is -0.0620. The van der Waals surface area contributed by atoms with Gasteiger partial charge in [-0.2, -0.15) is 0 Å². The van der Waals surface area contributed by atoms with Crippen LogP contribution in [-0.4, -0.2) is 42.8 Å². The molecule has 2 aliphatic rings. The fourth-order valence-corrected chi connectivity index (χ4v) is 3.86. The second-order valence-electron chi connectivity index (χ2n) is 7.17. The van der Waals surface area contributed by atoms with Gasteiger partial charge in [-0.15, -0.1) is 0 Å². The van der Waals surface area contributed by atoms with Gasteiger partial charge in [0.15, 0.2) is 0 Å². The Labute approximate surface area is 128 Å². The second-order valence-corrected chi connectivity index (χ2v) is 7.17. The lowest BCUT2D eigenvalue weighted by Gasteiger charge is -2.54. The molecule has 2 heterocycles. The van der Waals surface area contributed by atoms with Crippen LogP contribution >= 0.6 is 0 Å². The molecule has 2 atom stereocenters. The van der Waals surface area contributed by atoms with Gasteiger partial charge in [0.1, 0.15) is 0 Å². The average Bonchev–Trinajstić information content (AvgIpc) is 2.51. The van der Waals surface area contributed by atoms with E-state index in [0.29, 0.717) is 6.04 Å². The Kier molecular flexibility index (Phi) is 4.08. The molecule has 116 valence electrons. The first-order valence-corrected chi connectivity index (χ1v) is 8.19. The summed E-state index contributed by atoms with van der Waals surface area (Å²) < 4.78 is 5.59. The van der Waals surface area contributed by atoms with Crippen LogP contribution in [0.5, 0.6) is 0 Å². The van der Waals surface area contributed by atoms with Gasteiger partial charge in [-0.05, 0) is 39.2 Å². The van der Waals surface area contributed by atoms with Crippen LogP contribution < -0.4 is 5.32 Å². The molecule has 0 spiro atoms. The molecule has 1 aromatic carbocycles. The molecule has 2 aliphatic heterocycles. The molecular formula is C18H28N2O. The summed E-state index contributed by atoms with van der Waals surface area (Å²) in [6.45, 7) is 11.0. The van der Waals surface area contributed by atoms with E-state index in [1.165, 1.54) is 5.56 Å². The van der Waals surface area contributed by atoms with Gasteiger partial charge in [-0.1, -0.05) is 30.3 Å². The van der Waals surface area contributed by atoms with E-state index in [1.54, 1.807) is 0 Å². The Balaban J connectivity index is 1.84. The minimum atomic E-state index is 0.0368. The molecule has 0 saturated carbocycles. The van der Waals surface area contributed by atoms with Gasteiger partial charge in [0, 0.05) is 37.9 Å². The molecule has 21 heavy (non-hydrogen) atoms. The fraction of sp³-hybridized carbons (Fsp3) is 0.667. The molecule has 3 nitrogen and oxygen atoms in total. The first-order chi connectivity index (χ1) is 10.0. The van der Waals surface area contributed by atoms with Crippen LogP contribution in [0.3, 0.4) is 0 Å². The van der Waals surface area contributed by atoms with Crippen molar-refractivity contribution in [2.24, 2.45) is 0 Å². The maximum atomic E-state index is 5.59. The molecule has 0 amide bonds. The molecule has 0 radical (unpaired) electrons. The van der Waals surface area contributed by atoms with Crippen molar-refractivity contribution in [3.05, 3.63) is 35.9 Å². The van der Waals surface area contributed by atoms with Gasteiger partial charge < -0.3 is 10.1 Å². The topological polar surface area (TPSA) is 24.5 Å². The van der Waals surface area contributed by atoms with E-state index in [9.17, 15) is 0 Å². The number of nitrogens with one attached hydrogen (secondary N) is 1. The third-order valence-electron chi connectivity index (χ3n) is 5.48. The van der Waals surface area contributed by atoms with Crippen molar-refractivity contribution >= 4 is 0 Å². The number of hydrogen-bond donors (Lipinski definition) is 1. The zero-order valence-electron chi connectivity index (χ0n) is 13.6. The molecule has 2 fully saturated rings. The highest BCUT2D eigenvalue weighted by atomic mass is 16.5. The molecule has 0 aromatic heterocycles. The first kappa shape index (κ1) is 15.0. The predicted octanol–water partition coefficient (Wildman–Crippen LogP) is 2.76. The van der Waals surface area contributed by atoms with Gasteiger partial charge in [-0.25, -0.2) is 0 Å². The zero-order valence-corrected chi connectivity index (χ0v) is 13.6. The van der Waals surface area contributed by atoms with E-state index in [4.69, 9.17) is 4.74 Å². The highest BCUT2D eigenvalue weighted by molar-refractivity contribution is 5.25. The standard InChI is InChI=1S/C18H28N2O/c1-15-13-19-18(3,16-7-5-4-6-8-16)14-20(15)17(2)9-11-21-12-10-17/h4-8,15,19H,9-14H2,1-3H3. The molecule has 3 heteroatoms. The summed E-state index contributed by atoms with van der Waals surface area (Å²) in [7, 11) is 0. The highest BCUT2D eigenvalue weighted by Gasteiger charge is 2.43. The average molecular weight is 288 g/mol. The Hall–Kier alpha value is -0.900. The van der Waals surface area contributed by atoms with Crippen molar-refractivity contribution in [1.82, 2.24) is 10.2 Å². The van der Waals surface area contributed by atoms with Crippen molar-refractivity contribution in [1.29, 1.82) is 0 Å². The van der Waals surface area contributed by atoms with E-state index in [1.807, 2.05) is 0 Å². The zero-order chi connectivity index (χ0) is 14.9. The predicted molar refractivity (Wildman–Crippen MR) is 86.4 cm³/mol. The number of rotatable bonds is 2. The smallest absolute Gasteiger partial charge is 0.0535 e. The lowest BCUT2D eigenvalue weighted by atomic mass is 9.82. The summed E-state index contributed by atoms with van der Waals surface area (Å²) in [5.74, 6) is 0. The molecular weight excluding hydrogens is 260 g/mol. The molecule has 1 aromatic rings. The summed E-state index contributed by atoms with van der Waals surface area (Å²) in [5, 5.41) is 3.77. The fourth-order valence-electron chi connectivity index (χ4n) is 3.86. The highest BCUT2D eigenvalue weighted by Crippen LogP contribution is 2.35. The molecule has 2 saturated heterocycles. The van der Waals surface area contributed by atoms with Gasteiger partial charge in [-0.3, -0.25) is 4.90 Å². The van der Waals surface area contributed by atoms with E-state index in [-0.39, 0.29) is 11.1 Å². The van der Waals surface area contributed by atoms with E-state index >= 15 is 0 Å². The van der Waals surface area contributed by atoms with E-state index in [0.717, 1.165) is 39.1 Å². The lowest BCUT2D eigenvalue weighted by Crippen LogP contribution is -2.66. The van der Waals surface area contributed by atoms with Crippen molar-refractivity contribution in [3.8, 4) is 0 Å². The number of nitrogens with zero attached hydrogens (tertiary/aromatic N) is 1. The first-order valence-electron chi connectivity index (χ1n) is 8.19. The van der Waals surface area contributed by atoms with Crippen LogP contribution in [0.25, 0.3) is 0 Å². The minimum Gasteiger partial charge on any atom is -0.381 e. The van der Waals surface area contributed by atoms with Crippen LogP contribution in [0.1, 0.15) is 39.2 Å². The third kappa shape index (κ3) is 2.87. The van der Waals surface area contributed by atoms with E-state index < -0.39 is 0 Å². The largest absolute Gasteiger partial charge is 0.381 e. The maximum absolute atomic E-state index is 5.59. The Bertz CT molecular complexity index is 469. The van der Waals surface area contributed by atoms with Crippen molar-refractivity contribution in [3.63, 3.8) is 0 Å². The monoisotopic (exact) mass is 288 g/mol. The van der Waals surface area contributed by atoms with Crippen LogP contribution in [0.2, 0.25) is 0 Å². The molecule has 0 bridgehead atoms. The van der Waals surface area contributed by atoms with Crippen molar-refractivity contribution in [2.45, 2.75) is 50.7 Å². The van der Waals surface area contributed by atoms with Gasteiger partial charge in [0.25, 0.3) is 0 Å². The van der Waals surface area contributed by atoms with Crippen LogP contribution in [0.4, 0.5) is 0 Å². The van der Waals surface area contributed by atoms with Gasteiger partial charge in [0.2, 0.25) is 0 Å². The van der Waals surface area contributed by atoms with Crippen LogP contribution in [0, 0.1) is 0 Å². The molecule has 1 N–H and O–H groups in total. The molecule has 2 unspecified atom stereocenters. The van der Waals surface area contributed by atoms with Crippen LogP contribution in [-0.2, 0) is 10.3 Å². The van der Waals surface area contributed by atoms with Crippen LogP contribution in [0.15, 0.2) is 30.3 Å². The molecule has 0 aliphatic carbocycles. The summed E-state index contributed by atoms with van der Waals surface area (Å²) in [6.07, 6.45) is 2.28. The summed E-state index contributed by atoms with van der Waals surface area (Å²) in [6, 6.07) is 11.4. The Morgan fingerprint density at radius 1 is 1.14 bits per heavy atom. The number of piperazine rings is 1. The quantitative estimate of drug-likeness (QED) is 0.905. The summed E-state index contributed by atoms with van der Waals surface area (Å²) >= 11 is 0. The number of benzene rings is 1. The minimum absolute atomic E-state index is 0.0368.